The Kier molecular flexibility index (Phi) is 4.87. The van der Waals surface area contributed by atoms with Crippen LogP contribution in [0.15, 0.2) is 10.6 Å². The van der Waals surface area contributed by atoms with E-state index < -0.39 is 0 Å². The van der Waals surface area contributed by atoms with Crippen LogP contribution in [0, 0.1) is 5.92 Å². The third kappa shape index (κ3) is 3.69. The fourth-order valence-electron chi connectivity index (χ4n) is 5.36. The lowest BCUT2D eigenvalue weighted by molar-refractivity contribution is -0.137. The lowest BCUT2D eigenvalue weighted by Gasteiger charge is -2.40. The SMILES string of the molecule is O=C(NC1C[C@H]2CC[C@@H](C1)N2C(=O)CC1CCNCC1)c1cc(C2CC2)on1. The fraction of sp³-hybridized carbons (Fsp3) is 0.762. The highest BCUT2D eigenvalue weighted by Crippen LogP contribution is 2.40. The zero-order valence-electron chi connectivity index (χ0n) is 16.4. The van der Waals surface area contributed by atoms with Crippen molar-refractivity contribution >= 4 is 11.8 Å². The van der Waals surface area contributed by atoms with Gasteiger partial charge in [0.2, 0.25) is 5.91 Å². The quantitative estimate of drug-likeness (QED) is 0.810. The van der Waals surface area contributed by atoms with Gasteiger partial charge in [0.25, 0.3) is 5.91 Å². The number of hydrogen-bond donors (Lipinski definition) is 2. The Morgan fingerprint density at radius 2 is 1.82 bits per heavy atom. The largest absolute Gasteiger partial charge is 0.360 e. The number of carbonyl (C=O) groups is 2. The van der Waals surface area contributed by atoms with Gasteiger partial charge in [-0.15, -0.1) is 0 Å². The molecule has 3 aliphatic heterocycles. The Morgan fingerprint density at radius 1 is 1.11 bits per heavy atom. The van der Waals surface area contributed by atoms with Crippen molar-refractivity contribution in [2.75, 3.05) is 13.1 Å². The smallest absolute Gasteiger partial charge is 0.273 e. The normalized spacial score (nSPS) is 30.4. The first-order valence-corrected chi connectivity index (χ1v) is 11.0. The highest BCUT2D eigenvalue weighted by Gasteiger charge is 2.44. The van der Waals surface area contributed by atoms with E-state index in [0.29, 0.717) is 29.9 Å². The molecular formula is C21H30N4O3. The van der Waals surface area contributed by atoms with Gasteiger partial charge >= 0.3 is 0 Å². The molecular weight excluding hydrogens is 356 g/mol. The summed E-state index contributed by atoms with van der Waals surface area (Å²) in [5.41, 5.74) is 0.388. The zero-order chi connectivity index (χ0) is 19.1. The van der Waals surface area contributed by atoms with Crippen LogP contribution >= 0.6 is 0 Å². The van der Waals surface area contributed by atoms with Gasteiger partial charge in [0, 0.05) is 36.5 Å². The molecule has 0 spiro atoms. The number of nitrogens with zero attached hydrogens (tertiary/aromatic N) is 2. The Hall–Kier alpha value is -1.89. The molecule has 4 aliphatic rings. The van der Waals surface area contributed by atoms with E-state index in [-0.39, 0.29) is 24.0 Å². The molecule has 3 saturated heterocycles. The molecule has 1 aromatic heterocycles. The molecule has 4 heterocycles. The van der Waals surface area contributed by atoms with Gasteiger partial charge in [-0.3, -0.25) is 9.59 Å². The second kappa shape index (κ2) is 7.50. The van der Waals surface area contributed by atoms with E-state index in [1.165, 1.54) is 0 Å². The summed E-state index contributed by atoms with van der Waals surface area (Å²) < 4.78 is 5.31. The minimum absolute atomic E-state index is 0.119. The van der Waals surface area contributed by atoms with E-state index in [0.717, 1.165) is 70.2 Å². The molecule has 7 heteroatoms. The number of fused-ring (bicyclic) bond motifs is 2. The van der Waals surface area contributed by atoms with Crippen LogP contribution in [0.2, 0.25) is 0 Å². The molecule has 2 N–H and O–H groups in total. The van der Waals surface area contributed by atoms with Crippen molar-refractivity contribution in [1.29, 1.82) is 0 Å². The van der Waals surface area contributed by atoms with Crippen LogP contribution in [0.4, 0.5) is 0 Å². The highest BCUT2D eigenvalue weighted by atomic mass is 16.5. The van der Waals surface area contributed by atoms with E-state index in [4.69, 9.17) is 4.52 Å². The third-order valence-corrected chi connectivity index (χ3v) is 7.02. The molecule has 0 aromatic carbocycles. The van der Waals surface area contributed by atoms with Crippen molar-refractivity contribution < 1.29 is 14.1 Å². The van der Waals surface area contributed by atoms with E-state index in [1.54, 1.807) is 6.07 Å². The van der Waals surface area contributed by atoms with Gasteiger partial charge < -0.3 is 20.1 Å². The molecule has 4 fully saturated rings. The van der Waals surface area contributed by atoms with Crippen LogP contribution < -0.4 is 10.6 Å². The molecule has 0 radical (unpaired) electrons. The average molecular weight is 386 g/mol. The Bertz CT molecular complexity index is 724. The van der Waals surface area contributed by atoms with Crippen molar-refractivity contribution in [3.05, 3.63) is 17.5 Å². The van der Waals surface area contributed by atoms with Crippen molar-refractivity contribution in [3.8, 4) is 0 Å². The average Bonchev–Trinajstić information content (AvgIpc) is 3.35. The van der Waals surface area contributed by atoms with Crippen LogP contribution in [0.3, 0.4) is 0 Å². The van der Waals surface area contributed by atoms with Gasteiger partial charge in [-0.1, -0.05) is 5.16 Å². The molecule has 2 bridgehead atoms. The standard InChI is InChI=1S/C21H30N4O3/c26-20(9-13-5-7-22-8-6-13)25-16-3-4-17(25)11-15(10-16)23-21(27)18-12-19(28-24-18)14-1-2-14/h12-17,22H,1-11H2,(H,23,27)/t15?,16-,17+. The molecule has 152 valence electrons. The second-order valence-electron chi connectivity index (χ2n) is 9.11. The third-order valence-electron chi connectivity index (χ3n) is 7.02. The Morgan fingerprint density at radius 3 is 2.50 bits per heavy atom. The van der Waals surface area contributed by atoms with Crippen molar-refractivity contribution in [3.63, 3.8) is 0 Å². The van der Waals surface area contributed by atoms with E-state index in [9.17, 15) is 9.59 Å². The van der Waals surface area contributed by atoms with Gasteiger partial charge in [-0.2, -0.15) is 0 Å². The number of aromatic nitrogens is 1. The molecule has 2 amide bonds. The highest BCUT2D eigenvalue weighted by molar-refractivity contribution is 5.92. The number of hydrogen-bond acceptors (Lipinski definition) is 5. The second-order valence-corrected chi connectivity index (χ2v) is 9.11. The van der Waals surface area contributed by atoms with Gasteiger partial charge in [-0.05, 0) is 70.4 Å². The maximum atomic E-state index is 12.9. The predicted octanol–water partition coefficient (Wildman–Crippen LogP) is 2.19. The van der Waals surface area contributed by atoms with E-state index in [1.807, 2.05) is 0 Å². The number of piperidine rings is 2. The number of nitrogens with one attached hydrogen (secondary N) is 2. The van der Waals surface area contributed by atoms with Crippen LogP contribution in [0.5, 0.6) is 0 Å². The predicted molar refractivity (Wildman–Crippen MR) is 103 cm³/mol. The zero-order valence-corrected chi connectivity index (χ0v) is 16.4. The van der Waals surface area contributed by atoms with Crippen molar-refractivity contribution in [2.45, 2.75) is 81.8 Å². The molecule has 3 atom stereocenters. The minimum atomic E-state index is -0.144. The first kappa shape index (κ1) is 18.2. The summed E-state index contributed by atoms with van der Waals surface area (Å²) in [6, 6.07) is 2.46. The van der Waals surface area contributed by atoms with Crippen molar-refractivity contribution in [1.82, 2.24) is 20.7 Å². The summed E-state index contributed by atoms with van der Waals surface area (Å²) in [5.74, 6) is 2.00. The summed E-state index contributed by atoms with van der Waals surface area (Å²) in [5, 5.41) is 10.5. The van der Waals surface area contributed by atoms with Crippen LogP contribution in [-0.4, -0.2) is 53.1 Å². The molecule has 7 nitrogen and oxygen atoms in total. The summed E-state index contributed by atoms with van der Waals surface area (Å²) in [4.78, 5) is 27.7. The number of amides is 2. The monoisotopic (exact) mass is 386 g/mol. The first-order chi connectivity index (χ1) is 13.7. The van der Waals surface area contributed by atoms with Crippen molar-refractivity contribution in [2.24, 2.45) is 5.92 Å². The van der Waals surface area contributed by atoms with Gasteiger partial charge in [0.15, 0.2) is 5.69 Å². The Labute approximate surface area is 165 Å². The first-order valence-electron chi connectivity index (χ1n) is 11.0. The molecule has 1 aliphatic carbocycles. The summed E-state index contributed by atoms with van der Waals surface area (Å²) in [6.07, 6.45) is 8.99. The van der Waals surface area contributed by atoms with Gasteiger partial charge in [0.05, 0.1) is 0 Å². The molecule has 28 heavy (non-hydrogen) atoms. The maximum absolute atomic E-state index is 12.9. The van der Waals surface area contributed by atoms with Gasteiger partial charge in [-0.25, -0.2) is 0 Å². The van der Waals surface area contributed by atoms with E-state index in [2.05, 4.69) is 20.7 Å². The Balaban J connectivity index is 1.16. The van der Waals surface area contributed by atoms with Crippen LogP contribution in [-0.2, 0) is 4.79 Å². The molecule has 1 aromatic rings. The number of carbonyl (C=O) groups excluding carboxylic acids is 2. The lowest BCUT2D eigenvalue weighted by atomic mass is 9.91. The van der Waals surface area contributed by atoms with Crippen LogP contribution in [0.1, 0.15) is 80.0 Å². The lowest BCUT2D eigenvalue weighted by Crippen LogP contribution is -2.52. The van der Waals surface area contributed by atoms with Gasteiger partial charge in [0.1, 0.15) is 5.76 Å². The van der Waals surface area contributed by atoms with E-state index >= 15 is 0 Å². The maximum Gasteiger partial charge on any atom is 0.273 e. The fourth-order valence-corrected chi connectivity index (χ4v) is 5.36. The summed E-state index contributed by atoms with van der Waals surface area (Å²) in [6.45, 7) is 2.06. The number of rotatable bonds is 5. The molecule has 5 rings (SSSR count). The molecule has 1 saturated carbocycles. The molecule has 1 unspecified atom stereocenters. The minimum Gasteiger partial charge on any atom is -0.360 e. The summed E-state index contributed by atoms with van der Waals surface area (Å²) in [7, 11) is 0. The van der Waals surface area contributed by atoms with Crippen LogP contribution in [0.25, 0.3) is 0 Å². The topological polar surface area (TPSA) is 87.5 Å². The summed E-state index contributed by atoms with van der Waals surface area (Å²) >= 11 is 0.